The number of aromatic nitrogens is 1. The zero-order chi connectivity index (χ0) is 19.5. The summed E-state index contributed by atoms with van der Waals surface area (Å²) in [4.78, 5) is 18.0. The number of anilines is 1. The number of rotatable bonds is 6. The Morgan fingerprint density at radius 1 is 1.03 bits per heavy atom. The van der Waals surface area contributed by atoms with E-state index in [9.17, 15) is 4.79 Å². The van der Waals surface area contributed by atoms with Crippen molar-refractivity contribution in [1.29, 1.82) is 0 Å². The molecule has 0 saturated heterocycles. The number of hydrogen-bond donors (Lipinski definition) is 2. The first-order valence-corrected chi connectivity index (χ1v) is 10.9. The smallest absolute Gasteiger partial charge is 0.226 e. The van der Waals surface area contributed by atoms with E-state index in [4.69, 9.17) is 4.98 Å². The third-order valence-electron chi connectivity index (χ3n) is 4.44. The number of thiazole rings is 1. The molecule has 1 N–H and O–H groups in total. The highest BCUT2D eigenvalue weighted by atomic mass is 79.9. The highest BCUT2D eigenvalue weighted by molar-refractivity contribution is 8.93. The summed E-state index contributed by atoms with van der Waals surface area (Å²) < 4.78 is 0. The van der Waals surface area contributed by atoms with E-state index in [0.717, 1.165) is 21.3 Å². The lowest BCUT2D eigenvalue weighted by atomic mass is 9.99. The summed E-state index contributed by atoms with van der Waals surface area (Å²) in [6.45, 7) is 2.00. The molecule has 2 aromatic heterocycles. The summed E-state index contributed by atoms with van der Waals surface area (Å²) in [5.41, 5.74) is 4.23. The maximum atomic E-state index is 11.6. The lowest BCUT2D eigenvalue weighted by Gasteiger charge is -2.19. The molecular formula is C22H19BrN2OS3. The first-order chi connectivity index (χ1) is 13.6. The van der Waals surface area contributed by atoms with Crippen LogP contribution < -0.4 is 5.32 Å². The van der Waals surface area contributed by atoms with Gasteiger partial charge in [-0.25, -0.2) is 4.98 Å². The Kier molecular flexibility index (Phi) is 7.29. The average molecular weight is 504 g/mol. The molecule has 0 spiro atoms. The van der Waals surface area contributed by atoms with Gasteiger partial charge in [0.15, 0.2) is 5.13 Å². The maximum absolute atomic E-state index is 11.6. The minimum atomic E-state index is -0.207. The fourth-order valence-electron chi connectivity index (χ4n) is 3.08. The normalized spacial score (nSPS) is 10.6. The van der Waals surface area contributed by atoms with E-state index in [0.29, 0.717) is 4.88 Å². The Bertz CT molecular complexity index is 1050. The second-order valence-electron chi connectivity index (χ2n) is 6.32. The van der Waals surface area contributed by atoms with E-state index < -0.39 is 0 Å². The molecule has 7 heteroatoms. The van der Waals surface area contributed by atoms with E-state index >= 15 is 0 Å². The molecule has 29 heavy (non-hydrogen) atoms. The van der Waals surface area contributed by atoms with E-state index in [1.54, 1.807) is 11.3 Å². The fraction of sp³-hybridized carbons (Fsp3) is 0.0909. The second-order valence-corrected chi connectivity index (χ2v) is 8.84. The van der Waals surface area contributed by atoms with Crippen molar-refractivity contribution < 1.29 is 4.79 Å². The van der Waals surface area contributed by atoms with Crippen LogP contribution in [0.4, 0.5) is 5.13 Å². The number of halogens is 1. The molecule has 3 nitrogen and oxygen atoms in total. The van der Waals surface area contributed by atoms with Crippen LogP contribution in [0.3, 0.4) is 0 Å². The zero-order valence-corrected chi connectivity index (χ0v) is 19.8. The largest absolute Gasteiger partial charge is 0.351 e. The van der Waals surface area contributed by atoms with Crippen LogP contribution in [0.1, 0.15) is 31.7 Å². The third-order valence-corrected chi connectivity index (χ3v) is 6.66. The number of carbonyl (C=O) groups excluding carboxylic acids is 1. The quantitative estimate of drug-likeness (QED) is 0.278. The van der Waals surface area contributed by atoms with Crippen LogP contribution in [0.15, 0.2) is 72.1 Å². The molecule has 2 heterocycles. The van der Waals surface area contributed by atoms with Crippen molar-refractivity contribution in [3.05, 3.63) is 93.0 Å². The Hall–Kier alpha value is -1.93. The average Bonchev–Trinajstić information content (AvgIpc) is 3.34. The molecule has 0 amide bonds. The topological polar surface area (TPSA) is 42.0 Å². The maximum Gasteiger partial charge on any atom is 0.226 e. The van der Waals surface area contributed by atoms with Crippen molar-refractivity contribution >= 4 is 62.5 Å². The van der Waals surface area contributed by atoms with Crippen molar-refractivity contribution in [3.63, 3.8) is 0 Å². The van der Waals surface area contributed by atoms with Gasteiger partial charge in [-0.05, 0) is 24.1 Å². The van der Waals surface area contributed by atoms with Crippen molar-refractivity contribution in [1.82, 2.24) is 4.98 Å². The number of carbonyl (C=O) groups is 1. The lowest BCUT2D eigenvalue weighted by Crippen LogP contribution is -2.12. The molecule has 0 aliphatic heterocycles. The predicted molar refractivity (Wildman–Crippen MR) is 132 cm³/mol. The minimum Gasteiger partial charge on any atom is -0.351 e. The summed E-state index contributed by atoms with van der Waals surface area (Å²) in [7, 11) is 0. The van der Waals surface area contributed by atoms with Gasteiger partial charge < -0.3 is 5.32 Å². The van der Waals surface area contributed by atoms with Crippen LogP contribution in [0.5, 0.6) is 0 Å². The molecule has 4 rings (SSSR count). The van der Waals surface area contributed by atoms with Crippen LogP contribution in [-0.4, -0.2) is 10.1 Å². The Morgan fingerprint density at radius 3 is 2.14 bits per heavy atom. The van der Waals surface area contributed by atoms with Crippen molar-refractivity contribution in [2.75, 3.05) is 5.32 Å². The van der Waals surface area contributed by atoms with Gasteiger partial charge >= 0.3 is 0 Å². The molecule has 0 aliphatic carbocycles. The molecular weight excluding hydrogens is 484 g/mol. The highest BCUT2D eigenvalue weighted by Gasteiger charge is 2.17. The van der Waals surface area contributed by atoms with Gasteiger partial charge in [0.25, 0.3) is 0 Å². The summed E-state index contributed by atoms with van der Waals surface area (Å²) in [5, 5.41) is 6.24. The standard InChI is InChI=1S/C22H18N2OS3.BrH/c1-14-17(12-19(28-14)21(25)26)18-13-27-22(23-18)24-20(15-8-4-2-5-9-15)16-10-6-3-7-11-16;/h2-13,20H,1H3,(H,23,24)(H,25,26);1H. The van der Waals surface area contributed by atoms with Gasteiger partial charge in [0, 0.05) is 15.8 Å². The van der Waals surface area contributed by atoms with Gasteiger partial charge in [0.2, 0.25) is 5.12 Å². The van der Waals surface area contributed by atoms with Crippen LogP contribution in [0.25, 0.3) is 11.3 Å². The molecule has 4 aromatic rings. The Balaban J connectivity index is 0.00000240. The van der Waals surface area contributed by atoms with E-state index in [1.807, 2.05) is 54.8 Å². The minimum absolute atomic E-state index is 0. The Morgan fingerprint density at radius 2 is 1.62 bits per heavy atom. The number of benzene rings is 2. The molecule has 0 aliphatic rings. The second kappa shape index (κ2) is 9.71. The van der Waals surface area contributed by atoms with E-state index in [-0.39, 0.29) is 28.1 Å². The van der Waals surface area contributed by atoms with Gasteiger partial charge in [-0.1, -0.05) is 73.3 Å². The molecule has 0 fully saturated rings. The van der Waals surface area contributed by atoms with Crippen molar-refractivity contribution in [2.24, 2.45) is 0 Å². The van der Waals surface area contributed by atoms with Crippen molar-refractivity contribution in [2.45, 2.75) is 13.0 Å². The molecule has 148 valence electrons. The molecule has 0 atom stereocenters. The third kappa shape index (κ3) is 4.98. The van der Waals surface area contributed by atoms with Crippen LogP contribution in [-0.2, 0) is 0 Å². The number of thiol groups is 1. The molecule has 0 bridgehead atoms. The molecule has 0 radical (unpaired) electrons. The van der Waals surface area contributed by atoms with Gasteiger partial charge in [-0.2, -0.15) is 0 Å². The van der Waals surface area contributed by atoms with E-state index in [1.165, 1.54) is 22.5 Å². The van der Waals surface area contributed by atoms with Crippen LogP contribution >= 0.6 is 52.3 Å². The summed E-state index contributed by atoms with van der Waals surface area (Å²) in [5.74, 6) is 0. The van der Waals surface area contributed by atoms with Gasteiger partial charge in [-0.3, -0.25) is 4.79 Å². The molecule has 2 aromatic carbocycles. The lowest BCUT2D eigenvalue weighted by molar-refractivity contribution is 0.109. The zero-order valence-electron chi connectivity index (χ0n) is 15.5. The predicted octanol–water partition coefficient (Wildman–Crippen LogP) is 7.03. The summed E-state index contributed by atoms with van der Waals surface area (Å²) >= 11 is 6.95. The fourth-order valence-corrected chi connectivity index (χ4v) is 4.89. The molecule has 0 saturated carbocycles. The Labute approximate surface area is 194 Å². The number of thiophene rings is 1. The number of nitrogens with one attached hydrogen (secondary N) is 1. The molecule has 0 unspecified atom stereocenters. The van der Waals surface area contributed by atoms with Gasteiger partial charge in [0.05, 0.1) is 16.6 Å². The van der Waals surface area contributed by atoms with Crippen LogP contribution in [0.2, 0.25) is 0 Å². The SMILES string of the molecule is Br.Cc1sc(C(=O)S)cc1-c1csc(NC(c2ccccc2)c2ccccc2)n1. The van der Waals surface area contributed by atoms with Crippen LogP contribution in [0, 0.1) is 6.92 Å². The first-order valence-electron chi connectivity index (χ1n) is 8.78. The van der Waals surface area contributed by atoms with Crippen molar-refractivity contribution in [3.8, 4) is 11.3 Å². The first kappa shape index (κ1) is 21.8. The number of nitrogens with zero attached hydrogens (tertiary/aromatic N) is 1. The van der Waals surface area contributed by atoms with Gasteiger partial charge in [-0.15, -0.1) is 39.7 Å². The highest BCUT2D eigenvalue weighted by Crippen LogP contribution is 2.35. The summed E-state index contributed by atoms with van der Waals surface area (Å²) in [6, 6.07) is 22.6. The number of hydrogen-bond acceptors (Lipinski definition) is 5. The van der Waals surface area contributed by atoms with E-state index in [2.05, 4.69) is 42.2 Å². The summed E-state index contributed by atoms with van der Waals surface area (Å²) in [6.07, 6.45) is 0. The monoisotopic (exact) mass is 502 g/mol. The number of aryl methyl sites for hydroxylation is 1. The van der Waals surface area contributed by atoms with Gasteiger partial charge in [0.1, 0.15) is 0 Å².